The van der Waals surface area contributed by atoms with E-state index in [2.05, 4.69) is 59.0 Å². The van der Waals surface area contributed by atoms with E-state index in [1.54, 1.807) is 0 Å². The number of hydrogen-bond donors (Lipinski definition) is 1. The molecule has 0 bridgehead atoms. The Morgan fingerprint density at radius 1 is 1.44 bits per heavy atom. The summed E-state index contributed by atoms with van der Waals surface area (Å²) in [4.78, 5) is 0. The smallest absolute Gasteiger partial charge is 0.199 e. The highest BCUT2D eigenvalue weighted by Gasteiger charge is 2.14. The number of rotatable bonds is 3. The molecule has 0 aliphatic carbocycles. The molecular formula is C13H16BrN3S. The highest BCUT2D eigenvalue weighted by Crippen LogP contribution is 2.24. The Kier molecular flexibility index (Phi) is 4.02. The first-order valence-electron chi connectivity index (χ1n) is 6.00. The lowest BCUT2D eigenvalue weighted by atomic mass is 10.1. The van der Waals surface area contributed by atoms with E-state index >= 15 is 0 Å². The van der Waals surface area contributed by atoms with Gasteiger partial charge in [-0.25, -0.2) is 0 Å². The van der Waals surface area contributed by atoms with Crippen LogP contribution in [0.2, 0.25) is 0 Å². The van der Waals surface area contributed by atoms with Gasteiger partial charge < -0.3 is 0 Å². The third-order valence-corrected chi connectivity index (χ3v) is 3.65. The SMILES string of the molecule is CCc1cc(Br)ccc1-n1c(C(C)C)n[nH]c1=S. The first-order valence-corrected chi connectivity index (χ1v) is 7.20. The highest BCUT2D eigenvalue weighted by atomic mass is 79.9. The Morgan fingerprint density at radius 3 is 2.78 bits per heavy atom. The topological polar surface area (TPSA) is 33.6 Å². The van der Waals surface area contributed by atoms with Crippen molar-refractivity contribution in [3.63, 3.8) is 0 Å². The molecule has 18 heavy (non-hydrogen) atoms. The second-order valence-electron chi connectivity index (χ2n) is 4.50. The van der Waals surface area contributed by atoms with Gasteiger partial charge in [0.1, 0.15) is 5.82 Å². The van der Waals surface area contributed by atoms with Crippen molar-refractivity contribution >= 4 is 28.1 Å². The number of aromatic amines is 1. The number of benzene rings is 1. The molecule has 1 N–H and O–H groups in total. The molecule has 0 atom stereocenters. The van der Waals surface area contributed by atoms with Crippen LogP contribution >= 0.6 is 28.1 Å². The maximum absolute atomic E-state index is 5.35. The predicted molar refractivity (Wildman–Crippen MR) is 79.9 cm³/mol. The minimum absolute atomic E-state index is 0.325. The molecule has 2 aromatic rings. The minimum atomic E-state index is 0.325. The lowest BCUT2D eigenvalue weighted by molar-refractivity contribution is 0.741. The Labute approximate surface area is 120 Å². The molecule has 1 heterocycles. The number of aromatic nitrogens is 3. The van der Waals surface area contributed by atoms with E-state index in [-0.39, 0.29) is 0 Å². The second kappa shape index (κ2) is 5.36. The summed E-state index contributed by atoms with van der Waals surface area (Å²) in [7, 11) is 0. The van der Waals surface area contributed by atoms with Crippen LogP contribution in [-0.2, 0) is 6.42 Å². The summed E-state index contributed by atoms with van der Waals surface area (Å²) in [5.41, 5.74) is 2.37. The lowest BCUT2D eigenvalue weighted by Crippen LogP contribution is -2.06. The molecule has 5 heteroatoms. The van der Waals surface area contributed by atoms with Crippen LogP contribution in [0.25, 0.3) is 5.69 Å². The van der Waals surface area contributed by atoms with Crippen LogP contribution in [0.4, 0.5) is 0 Å². The van der Waals surface area contributed by atoms with Crippen LogP contribution in [0.3, 0.4) is 0 Å². The van der Waals surface area contributed by atoms with Gasteiger partial charge in [-0.1, -0.05) is 36.7 Å². The van der Waals surface area contributed by atoms with Crippen LogP contribution in [0.15, 0.2) is 22.7 Å². The average Bonchev–Trinajstić information content (AvgIpc) is 2.71. The predicted octanol–water partition coefficient (Wildman–Crippen LogP) is 4.38. The number of aryl methyl sites for hydroxylation is 1. The summed E-state index contributed by atoms with van der Waals surface area (Å²) >= 11 is 8.86. The van der Waals surface area contributed by atoms with Crippen molar-refractivity contribution in [2.45, 2.75) is 33.1 Å². The van der Waals surface area contributed by atoms with Gasteiger partial charge in [-0.05, 0) is 42.4 Å². The molecule has 0 saturated heterocycles. The molecule has 0 saturated carbocycles. The van der Waals surface area contributed by atoms with E-state index in [9.17, 15) is 0 Å². The minimum Gasteiger partial charge on any atom is -0.272 e. The Balaban J connectivity index is 2.69. The Morgan fingerprint density at radius 2 is 2.17 bits per heavy atom. The zero-order valence-electron chi connectivity index (χ0n) is 10.7. The zero-order valence-corrected chi connectivity index (χ0v) is 13.1. The fraction of sp³-hybridized carbons (Fsp3) is 0.385. The third-order valence-electron chi connectivity index (χ3n) is 2.88. The number of H-pyrrole nitrogens is 1. The number of halogens is 1. The first kappa shape index (κ1) is 13.5. The number of nitrogens with zero attached hydrogens (tertiary/aromatic N) is 2. The summed E-state index contributed by atoms with van der Waals surface area (Å²) in [5.74, 6) is 1.29. The third kappa shape index (κ3) is 2.42. The molecule has 96 valence electrons. The number of hydrogen-bond acceptors (Lipinski definition) is 2. The molecule has 0 radical (unpaired) electrons. The molecule has 2 rings (SSSR count). The van der Waals surface area contributed by atoms with Crippen LogP contribution in [0, 0.1) is 4.77 Å². The molecule has 1 aromatic heterocycles. The maximum atomic E-state index is 5.35. The van der Waals surface area contributed by atoms with Gasteiger partial charge in [0.05, 0.1) is 5.69 Å². The van der Waals surface area contributed by atoms with E-state index in [4.69, 9.17) is 12.2 Å². The van der Waals surface area contributed by atoms with E-state index in [0.29, 0.717) is 10.7 Å². The summed E-state index contributed by atoms with van der Waals surface area (Å²) in [5, 5.41) is 7.21. The van der Waals surface area contributed by atoms with Crippen molar-refractivity contribution in [1.82, 2.24) is 14.8 Å². The highest BCUT2D eigenvalue weighted by molar-refractivity contribution is 9.10. The normalized spacial score (nSPS) is 11.2. The second-order valence-corrected chi connectivity index (χ2v) is 5.81. The van der Waals surface area contributed by atoms with Crippen LogP contribution in [-0.4, -0.2) is 14.8 Å². The van der Waals surface area contributed by atoms with Gasteiger partial charge in [0.25, 0.3) is 0 Å². The standard InChI is InChI=1S/C13H16BrN3S/c1-4-9-7-10(14)5-6-11(9)17-12(8(2)3)15-16-13(17)18/h5-8H,4H2,1-3H3,(H,16,18). The van der Waals surface area contributed by atoms with Crippen molar-refractivity contribution in [1.29, 1.82) is 0 Å². The fourth-order valence-electron chi connectivity index (χ4n) is 1.98. The van der Waals surface area contributed by atoms with E-state index in [1.807, 2.05) is 10.6 Å². The largest absolute Gasteiger partial charge is 0.272 e. The summed E-state index contributed by atoms with van der Waals surface area (Å²) in [6, 6.07) is 6.25. The van der Waals surface area contributed by atoms with Crippen molar-refractivity contribution in [3.8, 4) is 5.69 Å². The average molecular weight is 326 g/mol. The lowest BCUT2D eigenvalue weighted by Gasteiger charge is -2.13. The monoisotopic (exact) mass is 325 g/mol. The van der Waals surface area contributed by atoms with Crippen molar-refractivity contribution in [2.75, 3.05) is 0 Å². The summed E-state index contributed by atoms with van der Waals surface area (Å²) in [6.07, 6.45) is 0.958. The Hall–Kier alpha value is -0.940. The molecule has 0 spiro atoms. The van der Waals surface area contributed by atoms with Gasteiger partial charge in [-0.15, -0.1) is 0 Å². The van der Waals surface area contributed by atoms with Gasteiger partial charge in [-0.3, -0.25) is 9.67 Å². The maximum Gasteiger partial charge on any atom is 0.199 e. The van der Waals surface area contributed by atoms with E-state index < -0.39 is 0 Å². The van der Waals surface area contributed by atoms with Crippen LogP contribution in [0.1, 0.15) is 38.1 Å². The van der Waals surface area contributed by atoms with Crippen LogP contribution in [0.5, 0.6) is 0 Å². The molecule has 1 aromatic carbocycles. The Bertz CT molecular complexity index is 613. The summed E-state index contributed by atoms with van der Waals surface area (Å²) < 4.78 is 3.77. The van der Waals surface area contributed by atoms with Gasteiger partial charge >= 0.3 is 0 Å². The van der Waals surface area contributed by atoms with Gasteiger partial charge in [-0.2, -0.15) is 5.10 Å². The molecule has 0 amide bonds. The molecule has 0 aliphatic rings. The van der Waals surface area contributed by atoms with Crippen molar-refractivity contribution < 1.29 is 0 Å². The molecule has 0 aliphatic heterocycles. The molecule has 0 unspecified atom stereocenters. The quantitative estimate of drug-likeness (QED) is 0.849. The molecule has 3 nitrogen and oxygen atoms in total. The first-order chi connectivity index (χ1) is 8.54. The van der Waals surface area contributed by atoms with Crippen molar-refractivity contribution in [2.24, 2.45) is 0 Å². The summed E-state index contributed by atoms with van der Waals surface area (Å²) in [6.45, 7) is 6.38. The van der Waals surface area contributed by atoms with E-state index in [0.717, 1.165) is 22.4 Å². The van der Waals surface area contributed by atoms with Gasteiger partial charge in [0, 0.05) is 10.4 Å². The molecular weight excluding hydrogens is 310 g/mol. The number of nitrogens with one attached hydrogen (secondary N) is 1. The fourth-order valence-corrected chi connectivity index (χ4v) is 2.63. The van der Waals surface area contributed by atoms with Crippen LogP contribution < -0.4 is 0 Å². The van der Waals surface area contributed by atoms with Gasteiger partial charge in [0.15, 0.2) is 4.77 Å². The zero-order chi connectivity index (χ0) is 13.3. The van der Waals surface area contributed by atoms with Gasteiger partial charge in [0.2, 0.25) is 0 Å². The molecule has 0 fully saturated rings. The van der Waals surface area contributed by atoms with E-state index in [1.165, 1.54) is 5.56 Å². The van der Waals surface area contributed by atoms with Crippen molar-refractivity contribution in [3.05, 3.63) is 38.8 Å².